The molecule has 104 valence electrons. The number of hydrogen-bond donors (Lipinski definition) is 1. The highest BCUT2D eigenvalue weighted by molar-refractivity contribution is 9.10. The summed E-state index contributed by atoms with van der Waals surface area (Å²) in [6.45, 7) is 5.82. The molecule has 2 unspecified atom stereocenters. The monoisotopic (exact) mass is 326 g/mol. The molecule has 1 saturated heterocycles. The van der Waals surface area contributed by atoms with E-state index in [9.17, 15) is 4.79 Å². The van der Waals surface area contributed by atoms with Crippen molar-refractivity contribution < 1.29 is 9.53 Å². The van der Waals surface area contributed by atoms with Crippen LogP contribution in [-0.4, -0.2) is 43.1 Å². The summed E-state index contributed by atoms with van der Waals surface area (Å²) in [5.41, 5.74) is 0.688. The first-order valence-electron chi connectivity index (χ1n) is 6.41. The van der Waals surface area contributed by atoms with Crippen LogP contribution in [0, 0.1) is 0 Å². The molecule has 1 heterocycles. The second-order valence-corrected chi connectivity index (χ2v) is 5.77. The van der Waals surface area contributed by atoms with Gasteiger partial charge in [0.1, 0.15) is 5.75 Å². The Balaban J connectivity index is 2.25. The molecule has 1 N–H and O–H groups in total. The van der Waals surface area contributed by atoms with Gasteiger partial charge < -0.3 is 15.0 Å². The molecule has 1 aromatic rings. The van der Waals surface area contributed by atoms with E-state index >= 15 is 0 Å². The van der Waals surface area contributed by atoms with Gasteiger partial charge in [0.05, 0.1) is 11.6 Å². The average molecular weight is 327 g/mol. The van der Waals surface area contributed by atoms with Crippen LogP contribution in [0.5, 0.6) is 5.75 Å². The molecule has 0 bridgehead atoms. The topological polar surface area (TPSA) is 41.6 Å². The van der Waals surface area contributed by atoms with Gasteiger partial charge in [-0.25, -0.2) is 0 Å². The lowest BCUT2D eigenvalue weighted by Crippen LogP contribution is -2.57. The molecule has 2 rings (SSSR count). The number of hydrogen-bond acceptors (Lipinski definition) is 3. The lowest BCUT2D eigenvalue weighted by Gasteiger charge is -2.39. The first kappa shape index (κ1) is 14.3. The van der Waals surface area contributed by atoms with Crippen molar-refractivity contribution in [3.05, 3.63) is 28.2 Å². The quantitative estimate of drug-likeness (QED) is 0.906. The van der Waals surface area contributed by atoms with E-state index in [0.29, 0.717) is 5.56 Å². The number of benzene rings is 1. The number of carbonyl (C=O) groups is 1. The molecule has 1 aliphatic rings. The number of rotatable bonds is 2. The van der Waals surface area contributed by atoms with Crippen LogP contribution in [0.3, 0.4) is 0 Å². The number of methoxy groups -OCH3 is 1. The predicted octanol–water partition coefficient (Wildman–Crippen LogP) is 2.28. The van der Waals surface area contributed by atoms with E-state index in [2.05, 4.69) is 35.1 Å². The largest absolute Gasteiger partial charge is 0.496 e. The van der Waals surface area contributed by atoms with Crippen LogP contribution in [0.2, 0.25) is 0 Å². The molecule has 5 heteroatoms. The minimum absolute atomic E-state index is 0.0739. The van der Waals surface area contributed by atoms with Crippen molar-refractivity contribution in [2.45, 2.75) is 25.9 Å². The van der Waals surface area contributed by atoms with Crippen molar-refractivity contribution in [1.29, 1.82) is 0 Å². The first-order chi connectivity index (χ1) is 9.04. The highest BCUT2D eigenvalue weighted by atomic mass is 79.9. The molecular formula is C14H19BrN2O2. The predicted molar refractivity (Wildman–Crippen MR) is 78.7 cm³/mol. The molecule has 0 aliphatic carbocycles. The molecule has 19 heavy (non-hydrogen) atoms. The zero-order chi connectivity index (χ0) is 14.0. The molecule has 0 spiro atoms. The fourth-order valence-corrected chi connectivity index (χ4v) is 3.02. The third-order valence-electron chi connectivity index (χ3n) is 3.46. The summed E-state index contributed by atoms with van der Waals surface area (Å²) in [5.74, 6) is 0.808. The van der Waals surface area contributed by atoms with Crippen LogP contribution in [0.1, 0.15) is 24.2 Å². The van der Waals surface area contributed by atoms with E-state index in [1.54, 1.807) is 7.11 Å². The highest BCUT2D eigenvalue weighted by Gasteiger charge is 2.29. The van der Waals surface area contributed by atoms with Gasteiger partial charge in [-0.2, -0.15) is 0 Å². The Morgan fingerprint density at radius 1 is 1.37 bits per heavy atom. The van der Waals surface area contributed by atoms with Gasteiger partial charge in [-0.05, 0) is 48.0 Å². The van der Waals surface area contributed by atoms with Gasteiger partial charge in [0.25, 0.3) is 5.91 Å². The molecule has 2 atom stereocenters. The van der Waals surface area contributed by atoms with Gasteiger partial charge in [-0.1, -0.05) is 0 Å². The van der Waals surface area contributed by atoms with E-state index in [4.69, 9.17) is 4.74 Å². The summed E-state index contributed by atoms with van der Waals surface area (Å²) in [6.07, 6.45) is 0. The number of amides is 1. The lowest BCUT2D eigenvalue weighted by molar-refractivity contribution is 0.0544. The van der Waals surface area contributed by atoms with Crippen molar-refractivity contribution in [1.82, 2.24) is 10.2 Å². The van der Waals surface area contributed by atoms with E-state index in [-0.39, 0.29) is 18.0 Å². The molecular weight excluding hydrogens is 308 g/mol. The van der Waals surface area contributed by atoms with Gasteiger partial charge in [0.2, 0.25) is 0 Å². The molecule has 1 fully saturated rings. The maximum absolute atomic E-state index is 12.6. The van der Waals surface area contributed by atoms with Gasteiger partial charge >= 0.3 is 0 Å². The summed E-state index contributed by atoms with van der Waals surface area (Å²) in [5, 5.41) is 3.33. The van der Waals surface area contributed by atoms with Crippen LogP contribution in [0.4, 0.5) is 0 Å². The van der Waals surface area contributed by atoms with Gasteiger partial charge in [0, 0.05) is 30.7 Å². The van der Waals surface area contributed by atoms with Crippen LogP contribution in [0.25, 0.3) is 0 Å². The van der Waals surface area contributed by atoms with E-state index in [0.717, 1.165) is 23.3 Å². The Morgan fingerprint density at radius 2 is 2.00 bits per heavy atom. The van der Waals surface area contributed by atoms with Crippen molar-refractivity contribution >= 4 is 21.8 Å². The van der Waals surface area contributed by atoms with E-state index in [1.807, 2.05) is 23.1 Å². The molecule has 0 aromatic heterocycles. The maximum atomic E-state index is 12.6. The van der Waals surface area contributed by atoms with E-state index in [1.165, 1.54) is 0 Å². The third-order valence-corrected chi connectivity index (χ3v) is 4.08. The zero-order valence-corrected chi connectivity index (χ0v) is 13.0. The molecule has 0 radical (unpaired) electrons. The highest BCUT2D eigenvalue weighted by Crippen LogP contribution is 2.27. The summed E-state index contributed by atoms with van der Waals surface area (Å²) in [7, 11) is 1.61. The second-order valence-electron chi connectivity index (χ2n) is 4.92. The average Bonchev–Trinajstić information content (AvgIpc) is 2.38. The number of carbonyl (C=O) groups excluding carboxylic acids is 1. The Hall–Kier alpha value is -1.07. The minimum Gasteiger partial charge on any atom is -0.496 e. The molecule has 1 aliphatic heterocycles. The molecule has 4 nitrogen and oxygen atoms in total. The smallest absolute Gasteiger partial charge is 0.254 e. The van der Waals surface area contributed by atoms with Crippen LogP contribution >= 0.6 is 15.9 Å². The van der Waals surface area contributed by atoms with Crippen molar-refractivity contribution in [2.75, 3.05) is 20.2 Å². The molecule has 1 aromatic carbocycles. The SMILES string of the molecule is COc1ccc(C(=O)N2C(C)CNCC2C)cc1Br. The first-order valence-corrected chi connectivity index (χ1v) is 7.20. The maximum Gasteiger partial charge on any atom is 0.254 e. The van der Waals surface area contributed by atoms with Gasteiger partial charge in [-0.3, -0.25) is 4.79 Å². The van der Waals surface area contributed by atoms with Crippen LogP contribution in [0.15, 0.2) is 22.7 Å². The summed E-state index contributed by atoms with van der Waals surface area (Å²) in [4.78, 5) is 14.6. The number of ether oxygens (including phenoxy) is 1. The van der Waals surface area contributed by atoms with Gasteiger partial charge in [0.15, 0.2) is 0 Å². The number of nitrogens with zero attached hydrogens (tertiary/aromatic N) is 1. The second kappa shape index (κ2) is 5.92. The fourth-order valence-electron chi connectivity index (χ4n) is 2.48. The standard InChI is InChI=1S/C14H19BrN2O2/c1-9-7-16-8-10(2)17(9)14(18)11-4-5-13(19-3)12(15)6-11/h4-6,9-10,16H,7-8H2,1-3H3. The summed E-state index contributed by atoms with van der Waals surface area (Å²) in [6, 6.07) is 5.86. The Labute approximate surface area is 122 Å². The van der Waals surface area contributed by atoms with Crippen molar-refractivity contribution in [2.24, 2.45) is 0 Å². The summed E-state index contributed by atoms with van der Waals surface area (Å²) >= 11 is 3.42. The van der Waals surface area contributed by atoms with Crippen molar-refractivity contribution in [3.63, 3.8) is 0 Å². The minimum atomic E-state index is 0.0739. The lowest BCUT2D eigenvalue weighted by atomic mass is 10.1. The molecule has 1 amide bonds. The number of piperazine rings is 1. The Bertz CT molecular complexity index is 469. The number of nitrogens with one attached hydrogen (secondary N) is 1. The Morgan fingerprint density at radius 3 is 2.53 bits per heavy atom. The van der Waals surface area contributed by atoms with Gasteiger partial charge in [-0.15, -0.1) is 0 Å². The van der Waals surface area contributed by atoms with Crippen LogP contribution in [-0.2, 0) is 0 Å². The summed E-state index contributed by atoms with van der Waals surface area (Å²) < 4.78 is 5.99. The van der Waals surface area contributed by atoms with Crippen molar-refractivity contribution in [3.8, 4) is 5.75 Å². The van der Waals surface area contributed by atoms with Crippen LogP contribution < -0.4 is 10.1 Å². The fraction of sp³-hybridized carbons (Fsp3) is 0.500. The number of halogens is 1. The Kier molecular flexibility index (Phi) is 4.47. The zero-order valence-electron chi connectivity index (χ0n) is 11.4. The molecule has 0 saturated carbocycles. The normalized spacial score (nSPS) is 23.3. The van der Waals surface area contributed by atoms with E-state index < -0.39 is 0 Å². The third kappa shape index (κ3) is 2.92.